The summed E-state index contributed by atoms with van der Waals surface area (Å²) < 4.78 is 2.08. The van der Waals surface area contributed by atoms with Crippen molar-refractivity contribution in [3.63, 3.8) is 0 Å². The molecule has 0 saturated heterocycles. The maximum atomic E-state index is 3.96. The van der Waals surface area contributed by atoms with Gasteiger partial charge >= 0.3 is 0 Å². The summed E-state index contributed by atoms with van der Waals surface area (Å²) in [5.74, 6) is 1.05. The monoisotopic (exact) mass is 138 g/mol. The van der Waals surface area contributed by atoms with Crippen LogP contribution in [-0.4, -0.2) is 21.3 Å². The van der Waals surface area contributed by atoms with Gasteiger partial charge in [-0.2, -0.15) is 7.05 Å². The molecule has 0 amide bonds. The second-order valence-corrected chi connectivity index (χ2v) is 2.62. The highest BCUT2D eigenvalue weighted by molar-refractivity contribution is 4.83. The molecule has 1 atom stereocenters. The Labute approximate surface area is 59.5 Å². The van der Waals surface area contributed by atoms with Crippen LogP contribution < -0.4 is 4.90 Å². The van der Waals surface area contributed by atoms with Crippen LogP contribution in [0.2, 0.25) is 0 Å². The molecule has 4 nitrogen and oxygen atoms in total. The fourth-order valence-electron chi connectivity index (χ4n) is 1.19. The molecule has 1 aliphatic rings. The van der Waals surface area contributed by atoms with E-state index in [2.05, 4.69) is 21.8 Å². The predicted octanol–water partition coefficient (Wildman–Crippen LogP) is -1.53. The lowest BCUT2D eigenvalue weighted by Crippen LogP contribution is -3.06. The van der Waals surface area contributed by atoms with Crippen molar-refractivity contribution < 1.29 is 4.90 Å². The number of nitrogens with one attached hydrogen (secondary N) is 1. The molecule has 1 aliphatic heterocycles. The Morgan fingerprint density at radius 3 is 3.50 bits per heavy atom. The summed E-state index contributed by atoms with van der Waals surface area (Å²) in [6.45, 7) is 2.98. The second kappa shape index (κ2) is 2.05. The molecule has 1 unspecified atom stereocenters. The summed E-state index contributed by atoms with van der Waals surface area (Å²) in [5, 5.41) is 7.77. The molecule has 1 N–H and O–H groups in total. The van der Waals surface area contributed by atoms with Crippen molar-refractivity contribution in [2.45, 2.75) is 13.1 Å². The van der Waals surface area contributed by atoms with Gasteiger partial charge in [0.15, 0.2) is 5.82 Å². The van der Waals surface area contributed by atoms with Crippen molar-refractivity contribution in [3.8, 4) is 0 Å². The quantitative estimate of drug-likeness (QED) is 0.441. The van der Waals surface area contributed by atoms with Crippen molar-refractivity contribution in [2.75, 3.05) is 6.54 Å². The number of aromatic nitrogens is 3. The summed E-state index contributed by atoms with van der Waals surface area (Å²) in [4.78, 5) is 1.26. The number of hydrogen-bond acceptors (Lipinski definition) is 2. The van der Waals surface area contributed by atoms with E-state index in [1.165, 1.54) is 4.90 Å². The van der Waals surface area contributed by atoms with Gasteiger partial charge in [0.05, 0.1) is 13.1 Å². The van der Waals surface area contributed by atoms with Gasteiger partial charge in [0.25, 0.3) is 0 Å². The summed E-state index contributed by atoms with van der Waals surface area (Å²) >= 11 is 0. The van der Waals surface area contributed by atoms with E-state index in [1.807, 2.05) is 0 Å². The van der Waals surface area contributed by atoms with Gasteiger partial charge in [-0.3, -0.25) is 0 Å². The first-order valence-corrected chi connectivity index (χ1v) is 3.39. The maximum absolute atomic E-state index is 3.96. The Morgan fingerprint density at radius 2 is 2.60 bits per heavy atom. The minimum Gasteiger partial charge on any atom is -0.460 e. The number of hydrogen-bond donors (Lipinski definition) is 1. The van der Waals surface area contributed by atoms with E-state index < -0.39 is 0 Å². The summed E-state index contributed by atoms with van der Waals surface area (Å²) in [6.07, 6.45) is 1.78. The Kier molecular flexibility index (Phi) is 1.20. The highest BCUT2D eigenvalue weighted by Gasteiger charge is 2.12. The number of rotatable bonds is 0. The Bertz CT molecular complexity index is 229. The molecule has 0 saturated carbocycles. The topological polar surface area (TPSA) is 35.2 Å². The largest absolute Gasteiger partial charge is 0.460 e. The summed E-state index contributed by atoms with van der Waals surface area (Å²) in [6, 6.07) is 0. The van der Waals surface area contributed by atoms with E-state index in [-0.39, 0.29) is 0 Å². The van der Waals surface area contributed by atoms with Gasteiger partial charge in [0.1, 0.15) is 12.9 Å². The van der Waals surface area contributed by atoms with E-state index >= 15 is 0 Å². The van der Waals surface area contributed by atoms with Crippen LogP contribution in [0.15, 0.2) is 6.33 Å². The van der Waals surface area contributed by atoms with Crippen LogP contribution in [0.5, 0.6) is 0 Å². The van der Waals surface area contributed by atoms with E-state index in [0.29, 0.717) is 0 Å². The van der Waals surface area contributed by atoms with Gasteiger partial charge in [-0.15, -0.1) is 10.2 Å². The van der Waals surface area contributed by atoms with Gasteiger partial charge in [0, 0.05) is 0 Å². The van der Waals surface area contributed by atoms with Crippen molar-refractivity contribution in [2.24, 2.45) is 0 Å². The van der Waals surface area contributed by atoms with Gasteiger partial charge in [-0.1, -0.05) is 0 Å². The molecule has 0 fully saturated rings. The molecule has 0 bridgehead atoms. The Morgan fingerprint density at radius 1 is 1.70 bits per heavy atom. The van der Waals surface area contributed by atoms with Crippen LogP contribution in [0.4, 0.5) is 0 Å². The molecular weight excluding hydrogens is 128 g/mol. The average Bonchev–Trinajstić information content (AvgIpc) is 2.33. The Hall–Kier alpha value is -0.900. The molecule has 2 heterocycles. The fraction of sp³-hybridized carbons (Fsp3) is 0.500. The molecule has 4 heteroatoms. The van der Waals surface area contributed by atoms with Crippen LogP contribution >= 0.6 is 0 Å². The van der Waals surface area contributed by atoms with E-state index in [9.17, 15) is 0 Å². The highest BCUT2D eigenvalue weighted by Crippen LogP contribution is 1.94. The standard InChI is InChI=1S/C6H10N4/c1-9-2-3-10-5-7-8-6(10)4-9/h5,9H,1-4H2. The van der Waals surface area contributed by atoms with Crippen molar-refractivity contribution in [1.82, 2.24) is 14.8 Å². The highest BCUT2D eigenvalue weighted by atomic mass is 15.3. The molecule has 1 aromatic heterocycles. The molecule has 0 aromatic carbocycles. The first kappa shape index (κ1) is 5.85. The van der Waals surface area contributed by atoms with Crippen LogP contribution in [0, 0.1) is 7.05 Å². The van der Waals surface area contributed by atoms with Gasteiger partial charge in [-0.05, 0) is 0 Å². The zero-order valence-electron chi connectivity index (χ0n) is 5.75. The minimum absolute atomic E-state index is 0.903. The van der Waals surface area contributed by atoms with E-state index in [0.717, 1.165) is 25.5 Å². The SMILES string of the molecule is [CH2-][NH+]1CCn2cnnc2C1. The third kappa shape index (κ3) is 0.806. The van der Waals surface area contributed by atoms with Crippen molar-refractivity contribution >= 4 is 0 Å². The Balaban J connectivity index is 2.30. The number of nitrogens with zero attached hydrogens (tertiary/aromatic N) is 3. The van der Waals surface area contributed by atoms with Gasteiger partial charge in [0.2, 0.25) is 0 Å². The normalized spacial score (nSPS) is 24.3. The molecule has 0 spiro atoms. The second-order valence-electron chi connectivity index (χ2n) is 2.62. The lowest BCUT2D eigenvalue weighted by atomic mass is 10.4. The fourth-order valence-corrected chi connectivity index (χ4v) is 1.19. The van der Waals surface area contributed by atoms with Gasteiger partial charge in [-0.25, -0.2) is 0 Å². The zero-order valence-corrected chi connectivity index (χ0v) is 5.75. The van der Waals surface area contributed by atoms with Crippen molar-refractivity contribution in [1.29, 1.82) is 0 Å². The van der Waals surface area contributed by atoms with Gasteiger partial charge < -0.3 is 9.47 Å². The minimum atomic E-state index is 0.903. The zero-order chi connectivity index (χ0) is 6.97. The lowest BCUT2D eigenvalue weighted by Gasteiger charge is -2.25. The first-order valence-electron chi connectivity index (χ1n) is 3.39. The summed E-state index contributed by atoms with van der Waals surface area (Å²) in [5.41, 5.74) is 0. The number of fused-ring (bicyclic) bond motifs is 1. The predicted molar refractivity (Wildman–Crippen MR) is 34.9 cm³/mol. The van der Waals surface area contributed by atoms with Crippen LogP contribution in [0.1, 0.15) is 5.82 Å². The smallest absolute Gasteiger partial charge is 0.185 e. The molecule has 54 valence electrons. The van der Waals surface area contributed by atoms with Crippen LogP contribution in [0.25, 0.3) is 0 Å². The molecular formula is C6H10N4. The third-order valence-electron chi connectivity index (χ3n) is 1.81. The molecule has 1 aromatic rings. The summed E-state index contributed by atoms with van der Waals surface area (Å²) in [7, 11) is 3.91. The molecule has 0 aliphatic carbocycles. The third-order valence-corrected chi connectivity index (χ3v) is 1.81. The first-order chi connectivity index (χ1) is 4.86. The molecule has 0 radical (unpaired) electrons. The van der Waals surface area contributed by atoms with E-state index in [4.69, 9.17) is 0 Å². The number of quaternary nitrogens is 1. The maximum Gasteiger partial charge on any atom is 0.185 e. The lowest BCUT2D eigenvalue weighted by molar-refractivity contribution is -0.873. The average molecular weight is 138 g/mol. The van der Waals surface area contributed by atoms with Crippen molar-refractivity contribution in [3.05, 3.63) is 19.2 Å². The molecule has 2 rings (SSSR count). The van der Waals surface area contributed by atoms with Crippen LogP contribution in [-0.2, 0) is 13.1 Å². The van der Waals surface area contributed by atoms with E-state index in [1.54, 1.807) is 6.33 Å². The molecule has 10 heavy (non-hydrogen) atoms. The van der Waals surface area contributed by atoms with Crippen LogP contribution in [0.3, 0.4) is 0 Å².